The van der Waals surface area contributed by atoms with Gasteiger partial charge in [0.1, 0.15) is 11.5 Å². The van der Waals surface area contributed by atoms with E-state index in [9.17, 15) is 13.2 Å². The lowest BCUT2D eigenvalue weighted by Gasteiger charge is -2.35. The van der Waals surface area contributed by atoms with Crippen molar-refractivity contribution >= 4 is 15.9 Å². The van der Waals surface area contributed by atoms with E-state index in [4.69, 9.17) is 9.47 Å². The lowest BCUT2D eigenvalue weighted by atomic mass is 10.2. The maximum Gasteiger partial charge on any atom is 0.263 e. The van der Waals surface area contributed by atoms with E-state index in [1.54, 1.807) is 62.3 Å². The maximum absolute atomic E-state index is 13.0. The van der Waals surface area contributed by atoms with Crippen LogP contribution < -0.4 is 9.47 Å². The molecule has 1 unspecified atom stereocenters. The fourth-order valence-electron chi connectivity index (χ4n) is 3.54. The van der Waals surface area contributed by atoms with E-state index in [0.29, 0.717) is 29.5 Å². The highest BCUT2D eigenvalue weighted by atomic mass is 32.2. The highest BCUT2D eigenvalue weighted by Crippen LogP contribution is 2.23. The summed E-state index contributed by atoms with van der Waals surface area (Å²) < 4.78 is 38.3. The third kappa shape index (κ3) is 4.76. The van der Waals surface area contributed by atoms with Crippen molar-refractivity contribution in [3.05, 3.63) is 53.6 Å². The number of hydrogen-bond donors (Lipinski definition) is 0. The number of sulfonamides is 1. The molecule has 7 nitrogen and oxygen atoms in total. The van der Waals surface area contributed by atoms with Gasteiger partial charge in [0.25, 0.3) is 5.91 Å². The minimum Gasteiger partial charge on any atom is -0.497 e. The van der Waals surface area contributed by atoms with Crippen molar-refractivity contribution in [1.29, 1.82) is 0 Å². The van der Waals surface area contributed by atoms with E-state index in [-0.39, 0.29) is 19.0 Å². The Morgan fingerprint density at radius 1 is 0.967 bits per heavy atom. The van der Waals surface area contributed by atoms with E-state index < -0.39 is 16.1 Å². The predicted molar refractivity (Wildman–Crippen MR) is 114 cm³/mol. The van der Waals surface area contributed by atoms with Crippen LogP contribution in [0, 0.1) is 13.8 Å². The quantitative estimate of drug-likeness (QED) is 0.701. The minimum absolute atomic E-state index is 0.158. The van der Waals surface area contributed by atoms with Crippen LogP contribution >= 0.6 is 0 Å². The van der Waals surface area contributed by atoms with Crippen LogP contribution in [0.3, 0.4) is 0 Å². The molecule has 0 spiro atoms. The lowest BCUT2D eigenvalue weighted by Crippen LogP contribution is -2.53. The summed E-state index contributed by atoms with van der Waals surface area (Å²) in [6, 6.07) is 12.4. The number of aryl methyl sites for hydroxylation is 2. The number of carbonyl (C=O) groups is 1. The average Bonchev–Trinajstić information content (AvgIpc) is 2.73. The number of piperazine rings is 1. The Kier molecular flexibility index (Phi) is 6.67. The van der Waals surface area contributed by atoms with Gasteiger partial charge in [-0.15, -0.1) is 0 Å². The Balaban J connectivity index is 1.60. The molecule has 0 aliphatic carbocycles. The molecule has 0 saturated carbocycles. The lowest BCUT2D eigenvalue weighted by molar-refractivity contribution is -0.139. The van der Waals surface area contributed by atoms with Gasteiger partial charge >= 0.3 is 0 Å². The molecule has 0 N–H and O–H groups in total. The number of amides is 1. The zero-order valence-electron chi connectivity index (χ0n) is 17.8. The monoisotopic (exact) mass is 432 g/mol. The molecule has 1 aliphatic rings. The molecule has 1 fully saturated rings. The van der Waals surface area contributed by atoms with Gasteiger partial charge in [0.2, 0.25) is 10.0 Å². The average molecular weight is 433 g/mol. The number of nitrogens with zero attached hydrogens (tertiary/aromatic N) is 2. The van der Waals surface area contributed by atoms with E-state index in [0.717, 1.165) is 11.1 Å². The van der Waals surface area contributed by atoms with Gasteiger partial charge in [-0.1, -0.05) is 17.7 Å². The summed E-state index contributed by atoms with van der Waals surface area (Å²) in [4.78, 5) is 14.7. The van der Waals surface area contributed by atoms with Gasteiger partial charge in [-0.2, -0.15) is 4.31 Å². The van der Waals surface area contributed by atoms with Crippen molar-refractivity contribution in [3.63, 3.8) is 0 Å². The first-order valence-corrected chi connectivity index (χ1v) is 11.3. The second-order valence-corrected chi connectivity index (χ2v) is 9.34. The number of ether oxygens (including phenoxy) is 2. The van der Waals surface area contributed by atoms with Crippen LogP contribution in [0.1, 0.15) is 18.1 Å². The first-order chi connectivity index (χ1) is 14.2. The largest absolute Gasteiger partial charge is 0.497 e. The van der Waals surface area contributed by atoms with Crippen molar-refractivity contribution in [2.75, 3.05) is 33.3 Å². The number of methoxy groups -OCH3 is 1. The highest BCUT2D eigenvalue weighted by molar-refractivity contribution is 7.89. The summed E-state index contributed by atoms with van der Waals surface area (Å²) in [5, 5.41) is 0. The number of rotatable bonds is 6. The summed E-state index contributed by atoms with van der Waals surface area (Å²) in [7, 11) is -2.00. The molecule has 1 atom stereocenters. The van der Waals surface area contributed by atoms with Crippen molar-refractivity contribution in [2.45, 2.75) is 31.8 Å². The molecule has 0 bridgehead atoms. The SMILES string of the molecule is COc1ccc(OC(C)C(=O)N2CCN(S(=O)(=O)c3ccc(C)cc3C)CC2)cc1. The van der Waals surface area contributed by atoms with Crippen LogP contribution in [-0.2, 0) is 14.8 Å². The van der Waals surface area contributed by atoms with Crippen LogP contribution in [0.25, 0.3) is 0 Å². The highest BCUT2D eigenvalue weighted by Gasteiger charge is 2.32. The fraction of sp³-hybridized carbons (Fsp3) is 0.409. The first kappa shape index (κ1) is 22.1. The fourth-order valence-corrected chi connectivity index (χ4v) is 5.17. The summed E-state index contributed by atoms with van der Waals surface area (Å²) >= 11 is 0. The molecular formula is C22H28N2O5S. The molecule has 162 valence electrons. The van der Waals surface area contributed by atoms with Crippen molar-refractivity contribution in [3.8, 4) is 11.5 Å². The number of hydrogen-bond acceptors (Lipinski definition) is 5. The summed E-state index contributed by atoms with van der Waals surface area (Å²) in [6.07, 6.45) is -0.666. The molecular weight excluding hydrogens is 404 g/mol. The van der Waals surface area contributed by atoms with Crippen LogP contribution in [0.15, 0.2) is 47.4 Å². The second kappa shape index (κ2) is 9.06. The Hall–Kier alpha value is -2.58. The Morgan fingerprint density at radius 2 is 1.57 bits per heavy atom. The van der Waals surface area contributed by atoms with Gasteiger partial charge in [0, 0.05) is 26.2 Å². The molecule has 8 heteroatoms. The zero-order chi connectivity index (χ0) is 21.9. The molecule has 0 radical (unpaired) electrons. The van der Waals surface area contributed by atoms with Crippen molar-refractivity contribution < 1.29 is 22.7 Å². The van der Waals surface area contributed by atoms with Gasteiger partial charge in [-0.3, -0.25) is 4.79 Å². The van der Waals surface area contributed by atoms with Crippen molar-refractivity contribution in [1.82, 2.24) is 9.21 Å². The third-order valence-corrected chi connectivity index (χ3v) is 7.28. The van der Waals surface area contributed by atoms with Crippen LogP contribution in [0.5, 0.6) is 11.5 Å². The first-order valence-electron chi connectivity index (χ1n) is 9.89. The molecule has 2 aromatic carbocycles. The number of benzene rings is 2. The molecule has 3 rings (SSSR count). The third-order valence-electron chi connectivity index (χ3n) is 5.22. The predicted octanol–water partition coefficient (Wildman–Crippen LogP) is 2.61. The smallest absolute Gasteiger partial charge is 0.263 e. The van der Waals surface area contributed by atoms with Crippen LogP contribution in [0.2, 0.25) is 0 Å². The summed E-state index contributed by atoms with van der Waals surface area (Å²) in [6.45, 7) is 6.62. The van der Waals surface area contributed by atoms with E-state index in [1.807, 2.05) is 13.0 Å². The molecule has 0 aromatic heterocycles. The zero-order valence-corrected chi connectivity index (χ0v) is 18.6. The molecule has 1 amide bonds. The second-order valence-electron chi connectivity index (χ2n) is 7.43. The summed E-state index contributed by atoms with van der Waals surface area (Å²) in [5.74, 6) is 1.13. The molecule has 1 aliphatic heterocycles. The molecule has 1 heterocycles. The molecule has 2 aromatic rings. The van der Waals surface area contributed by atoms with Crippen molar-refractivity contribution in [2.24, 2.45) is 0 Å². The summed E-state index contributed by atoms with van der Waals surface area (Å²) in [5.41, 5.74) is 1.75. The van der Waals surface area contributed by atoms with Crippen LogP contribution in [-0.4, -0.2) is 62.9 Å². The normalized spacial score (nSPS) is 16.2. The minimum atomic E-state index is -3.58. The van der Waals surface area contributed by atoms with E-state index in [1.165, 1.54) is 4.31 Å². The van der Waals surface area contributed by atoms with Crippen LogP contribution in [0.4, 0.5) is 0 Å². The van der Waals surface area contributed by atoms with Gasteiger partial charge in [0.05, 0.1) is 12.0 Å². The topological polar surface area (TPSA) is 76.2 Å². The molecule has 30 heavy (non-hydrogen) atoms. The van der Waals surface area contributed by atoms with Gasteiger partial charge < -0.3 is 14.4 Å². The van der Waals surface area contributed by atoms with E-state index >= 15 is 0 Å². The Morgan fingerprint density at radius 3 is 2.13 bits per heavy atom. The Labute approximate surface area is 178 Å². The maximum atomic E-state index is 13.0. The molecule has 1 saturated heterocycles. The van der Waals surface area contributed by atoms with Gasteiger partial charge in [-0.25, -0.2) is 8.42 Å². The standard InChI is InChI=1S/C22H28N2O5S/c1-16-5-10-21(17(2)15-16)30(26,27)24-13-11-23(12-14-24)22(25)18(3)29-20-8-6-19(28-4)7-9-20/h5-10,15,18H,11-14H2,1-4H3. The number of carbonyl (C=O) groups excluding carboxylic acids is 1. The van der Waals surface area contributed by atoms with Gasteiger partial charge in [-0.05, 0) is 56.7 Å². The Bertz CT molecular complexity index is 997. The van der Waals surface area contributed by atoms with Gasteiger partial charge in [0.15, 0.2) is 6.10 Å². The van der Waals surface area contributed by atoms with E-state index in [2.05, 4.69) is 0 Å².